The average molecular weight is 335 g/mol. The summed E-state index contributed by atoms with van der Waals surface area (Å²) >= 11 is 0. The van der Waals surface area contributed by atoms with E-state index in [1.165, 1.54) is 31.3 Å². The lowest BCUT2D eigenvalue weighted by atomic mass is 9.92. The number of nitrogens with zero attached hydrogens (tertiary/aromatic N) is 3. The number of hydroxylamine groups is 2. The molecule has 9 nitrogen and oxygen atoms in total. The minimum absolute atomic E-state index is 0.120. The number of hydrogen-bond acceptors (Lipinski definition) is 6. The zero-order valence-electron chi connectivity index (χ0n) is 13.3. The molecule has 2 unspecified atom stereocenters. The lowest BCUT2D eigenvalue weighted by Crippen LogP contribution is -2.38. The molecule has 0 radical (unpaired) electrons. The van der Waals surface area contributed by atoms with Gasteiger partial charge >= 0.3 is 12.0 Å². The van der Waals surface area contributed by atoms with E-state index < -0.39 is 24.1 Å². The summed E-state index contributed by atoms with van der Waals surface area (Å²) in [6.07, 6.45) is 1.50. The van der Waals surface area contributed by atoms with Crippen molar-refractivity contribution in [2.24, 2.45) is 0 Å². The Balaban J connectivity index is 2.18. The molecule has 24 heavy (non-hydrogen) atoms. The van der Waals surface area contributed by atoms with E-state index in [1.807, 2.05) is 0 Å². The first-order valence-corrected chi connectivity index (χ1v) is 7.22. The highest BCUT2D eigenvalue weighted by molar-refractivity contribution is 5.87. The zero-order chi connectivity index (χ0) is 17.4. The van der Waals surface area contributed by atoms with Gasteiger partial charge in [0.15, 0.2) is 6.04 Å². The van der Waals surface area contributed by atoms with Crippen molar-refractivity contribution in [3.05, 3.63) is 29.8 Å². The van der Waals surface area contributed by atoms with Crippen LogP contribution in [0.15, 0.2) is 18.7 Å². The quantitative estimate of drug-likeness (QED) is 0.778. The van der Waals surface area contributed by atoms with Crippen LogP contribution in [0.3, 0.4) is 0 Å². The van der Waals surface area contributed by atoms with E-state index in [-0.39, 0.29) is 24.9 Å². The molecule has 1 saturated heterocycles. The van der Waals surface area contributed by atoms with Crippen molar-refractivity contribution in [2.75, 3.05) is 27.4 Å². The smallest absolute Gasteiger partial charge is 0.345 e. The molecule has 0 spiro atoms. The molecule has 3 heterocycles. The van der Waals surface area contributed by atoms with E-state index in [0.29, 0.717) is 11.1 Å². The van der Waals surface area contributed by atoms with Crippen LogP contribution < -0.4 is 9.47 Å². The van der Waals surface area contributed by atoms with E-state index in [1.54, 1.807) is 0 Å². The van der Waals surface area contributed by atoms with Crippen molar-refractivity contribution < 1.29 is 29.0 Å². The van der Waals surface area contributed by atoms with Crippen LogP contribution in [-0.2, 0) is 9.63 Å². The first-order chi connectivity index (χ1) is 11.5. The number of ether oxygens (including phenoxy) is 2. The highest BCUT2D eigenvalue weighted by atomic mass is 16.7. The molecule has 0 saturated carbocycles. The average Bonchev–Trinajstić information content (AvgIpc) is 2.84. The minimum Gasteiger partial charge on any atom is -0.481 e. The van der Waals surface area contributed by atoms with Crippen molar-refractivity contribution in [1.82, 2.24) is 14.9 Å². The van der Waals surface area contributed by atoms with Gasteiger partial charge in [0, 0.05) is 17.2 Å². The standard InChI is InChI=1S/C15H17N3O6/c1-4-5-24-18-9-7-17(15(18)21)12(14(19)20)8-6-10(22-2)16-13(23-3)11(8)9/h4,6,9,12H,1,5,7H2,2-3H3,(H,19,20). The maximum Gasteiger partial charge on any atom is 0.345 e. The Labute approximate surface area is 138 Å². The van der Waals surface area contributed by atoms with Gasteiger partial charge in [0.2, 0.25) is 11.8 Å². The van der Waals surface area contributed by atoms with Gasteiger partial charge in [-0.05, 0) is 0 Å². The summed E-state index contributed by atoms with van der Waals surface area (Å²) in [4.78, 5) is 35.3. The van der Waals surface area contributed by atoms with Crippen LogP contribution in [0.5, 0.6) is 11.8 Å². The van der Waals surface area contributed by atoms with Crippen molar-refractivity contribution in [3.8, 4) is 11.8 Å². The highest BCUT2D eigenvalue weighted by Crippen LogP contribution is 2.47. The maximum atomic E-state index is 12.6. The Morgan fingerprint density at radius 3 is 2.83 bits per heavy atom. The summed E-state index contributed by atoms with van der Waals surface area (Å²) in [5, 5.41) is 10.8. The topological polar surface area (TPSA) is 101 Å². The van der Waals surface area contributed by atoms with Crippen LogP contribution >= 0.6 is 0 Å². The van der Waals surface area contributed by atoms with Crippen LogP contribution in [0.1, 0.15) is 23.2 Å². The SMILES string of the molecule is C=CCON1C(=O)N2CC1c1c(cc(OC)nc1OC)C2C(=O)O. The van der Waals surface area contributed by atoms with Crippen LogP contribution in [0.2, 0.25) is 0 Å². The number of methoxy groups -OCH3 is 2. The molecule has 1 aromatic heterocycles. The Morgan fingerprint density at radius 2 is 2.25 bits per heavy atom. The van der Waals surface area contributed by atoms with E-state index in [9.17, 15) is 14.7 Å². The summed E-state index contributed by atoms with van der Waals surface area (Å²) in [6.45, 7) is 3.84. The first kappa shape index (κ1) is 16.1. The fourth-order valence-electron chi connectivity index (χ4n) is 3.08. The molecule has 1 aromatic rings. The molecule has 2 aliphatic rings. The number of aromatic nitrogens is 1. The maximum absolute atomic E-state index is 12.6. The number of fused-ring (bicyclic) bond motifs is 4. The third-order valence-corrected chi connectivity index (χ3v) is 4.03. The van der Waals surface area contributed by atoms with Crippen LogP contribution in [0, 0.1) is 0 Å². The molecule has 128 valence electrons. The molecular weight excluding hydrogens is 318 g/mol. The Morgan fingerprint density at radius 1 is 1.50 bits per heavy atom. The molecule has 1 N–H and O–H groups in total. The monoisotopic (exact) mass is 335 g/mol. The van der Waals surface area contributed by atoms with E-state index in [0.717, 1.165) is 5.06 Å². The van der Waals surface area contributed by atoms with Crippen molar-refractivity contribution in [1.29, 1.82) is 0 Å². The molecule has 2 amide bonds. The number of carbonyl (C=O) groups excluding carboxylic acids is 1. The Kier molecular flexibility index (Phi) is 4.02. The van der Waals surface area contributed by atoms with E-state index in [4.69, 9.17) is 14.3 Å². The molecule has 3 rings (SSSR count). The molecular formula is C15H17N3O6. The summed E-state index contributed by atoms with van der Waals surface area (Å²) in [6, 6.07) is -0.685. The van der Waals surface area contributed by atoms with E-state index in [2.05, 4.69) is 11.6 Å². The number of amides is 2. The number of carboxylic acids is 1. The first-order valence-electron chi connectivity index (χ1n) is 7.22. The molecule has 9 heteroatoms. The number of aliphatic carboxylic acids is 1. The van der Waals surface area contributed by atoms with Gasteiger partial charge in [-0.2, -0.15) is 10.0 Å². The van der Waals surface area contributed by atoms with E-state index >= 15 is 0 Å². The lowest BCUT2D eigenvalue weighted by molar-refractivity contribution is -0.142. The fourth-order valence-corrected chi connectivity index (χ4v) is 3.08. The van der Waals surface area contributed by atoms with Gasteiger partial charge in [-0.25, -0.2) is 9.59 Å². The third-order valence-electron chi connectivity index (χ3n) is 4.03. The molecule has 0 aliphatic carbocycles. The Bertz CT molecular complexity index is 707. The molecule has 2 aliphatic heterocycles. The van der Waals surface area contributed by atoms with Crippen molar-refractivity contribution in [2.45, 2.75) is 12.1 Å². The summed E-state index contributed by atoms with van der Waals surface area (Å²) < 4.78 is 10.4. The summed E-state index contributed by atoms with van der Waals surface area (Å²) in [5.41, 5.74) is 0.914. The predicted octanol–water partition coefficient (Wildman–Crippen LogP) is 1.13. The molecule has 2 bridgehead atoms. The lowest BCUT2D eigenvalue weighted by Gasteiger charge is -2.30. The number of hydrogen-bond donors (Lipinski definition) is 1. The third kappa shape index (κ3) is 2.24. The number of carboxylic acid groups (broad SMARTS) is 1. The van der Waals surface area contributed by atoms with Gasteiger partial charge in [0.25, 0.3) is 0 Å². The van der Waals surface area contributed by atoms with Gasteiger partial charge in [-0.15, -0.1) is 6.58 Å². The zero-order valence-corrected chi connectivity index (χ0v) is 13.3. The van der Waals surface area contributed by atoms with Gasteiger partial charge in [-0.1, -0.05) is 6.08 Å². The largest absolute Gasteiger partial charge is 0.481 e. The molecule has 0 aromatic carbocycles. The van der Waals surface area contributed by atoms with Gasteiger partial charge in [-0.3, -0.25) is 4.84 Å². The second kappa shape index (κ2) is 6.00. The number of pyridine rings is 1. The number of carbonyl (C=O) groups is 2. The second-order valence-electron chi connectivity index (χ2n) is 5.28. The highest BCUT2D eigenvalue weighted by Gasteiger charge is 2.52. The van der Waals surface area contributed by atoms with Crippen LogP contribution in [0.25, 0.3) is 0 Å². The van der Waals surface area contributed by atoms with Crippen LogP contribution in [-0.4, -0.2) is 59.4 Å². The predicted molar refractivity (Wildman–Crippen MR) is 80.5 cm³/mol. The second-order valence-corrected chi connectivity index (χ2v) is 5.28. The van der Waals surface area contributed by atoms with Gasteiger partial charge in [0.1, 0.15) is 6.04 Å². The van der Waals surface area contributed by atoms with Crippen LogP contribution in [0.4, 0.5) is 4.79 Å². The number of urea groups is 1. The normalized spacial score (nSPS) is 21.5. The minimum atomic E-state index is -1.16. The Hall–Kier alpha value is -2.81. The summed E-state index contributed by atoms with van der Waals surface area (Å²) in [7, 11) is 2.85. The molecule has 2 atom stereocenters. The van der Waals surface area contributed by atoms with Crippen molar-refractivity contribution in [3.63, 3.8) is 0 Å². The van der Waals surface area contributed by atoms with Gasteiger partial charge < -0.3 is 19.5 Å². The number of rotatable bonds is 6. The van der Waals surface area contributed by atoms with Crippen molar-refractivity contribution >= 4 is 12.0 Å². The fraction of sp³-hybridized carbons (Fsp3) is 0.400. The van der Waals surface area contributed by atoms with Gasteiger partial charge in [0.05, 0.1) is 27.4 Å². The summed E-state index contributed by atoms with van der Waals surface area (Å²) in [5.74, 6) is -0.726. The molecule has 1 fully saturated rings.